The van der Waals surface area contributed by atoms with Crippen LogP contribution in [-0.4, -0.2) is 23.8 Å². The van der Waals surface area contributed by atoms with E-state index in [0.29, 0.717) is 5.88 Å². The van der Waals surface area contributed by atoms with Crippen LogP contribution in [0.5, 0.6) is 0 Å². The van der Waals surface area contributed by atoms with Gasteiger partial charge in [-0.1, -0.05) is 0 Å². The average Bonchev–Trinajstić information content (AvgIpc) is 1.88. The van der Waals surface area contributed by atoms with E-state index in [2.05, 4.69) is 10.9 Å². The molecule has 2 N–H and O–H groups in total. The molecule has 0 bridgehead atoms. The molecule has 2 unspecified atom stereocenters. The number of hydrogen-bond donors (Lipinski definition) is 2. The third-order valence-corrected chi connectivity index (χ3v) is 2.60. The van der Waals surface area contributed by atoms with E-state index in [4.69, 9.17) is 23.2 Å². The van der Waals surface area contributed by atoms with Gasteiger partial charge >= 0.3 is 0 Å². The second-order valence-corrected chi connectivity index (χ2v) is 3.46. The molecule has 0 amide bonds. The van der Waals surface area contributed by atoms with Crippen LogP contribution in [0.15, 0.2) is 0 Å². The van der Waals surface area contributed by atoms with Crippen molar-refractivity contribution in [1.82, 2.24) is 10.9 Å². The Kier molecular flexibility index (Phi) is 4.61. The average molecular weight is 185 g/mol. The molecule has 0 spiro atoms. The van der Waals surface area contributed by atoms with Crippen LogP contribution in [0.25, 0.3) is 0 Å². The Morgan fingerprint density at radius 1 is 1.60 bits per heavy atom. The minimum Gasteiger partial charge on any atom is -0.260 e. The molecule has 0 aromatic heterocycles. The molecule has 10 heavy (non-hydrogen) atoms. The molecule has 62 valence electrons. The Hall–Kier alpha value is 0.500. The first-order chi connectivity index (χ1) is 4.56. The van der Waals surface area contributed by atoms with Gasteiger partial charge in [-0.15, -0.1) is 23.2 Å². The molecule has 4 heteroatoms. The summed E-state index contributed by atoms with van der Waals surface area (Å²) in [5.74, 6) is 0.485. The molecule has 0 radical (unpaired) electrons. The fourth-order valence-corrected chi connectivity index (χ4v) is 1.03. The van der Waals surface area contributed by atoms with Crippen LogP contribution in [0.4, 0.5) is 0 Å². The predicted molar refractivity (Wildman–Crippen MR) is 46.6 cm³/mol. The van der Waals surface area contributed by atoms with E-state index in [1.165, 1.54) is 0 Å². The van der Waals surface area contributed by atoms with E-state index in [1.54, 1.807) is 7.05 Å². The van der Waals surface area contributed by atoms with Gasteiger partial charge in [0.05, 0.1) is 10.9 Å². The van der Waals surface area contributed by atoms with E-state index < -0.39 is 0 Å². The highest BCUT2D eigenvalue weighted by Crippen LogP contribution is 2.16. The van der Waals surface area contributed by atoms with E-state index >= 15 is 0 Å². The van der Waals surface area contributed by atoms with Crippen molar-refractivity contribution < 1.29 is 0 Å². The van der Waals surface area contributed by atoms with Crippen molar-refractivity contribution in [1.29, 1.82) is 0 Å². The molecule has 0 aliphatic rings. The van der Waals surface area contributed by atoms with Gasteiger partial charge in [-0.25, -0.2) is 5.43 Å². The Morgan fingerprint density at radius 2 is 2.10 bits per heavy atom. The summed E-state index contributed by atoms with van der Waals surface area (Å²) in [6, 6.07) is 0. The first kappa shape index (κ1) is 10.5. The largest absolute Gasteiger partial charge is 0.260 e. The molecule has 0 fully saturated rings. The van der Waals surface area contributed by atoms with Gasteiger partial charge in [-0.3, -0.25) is 5.43 Å². The lowest BCUT2D eigenvalue weighted by molar-refractivity contribution is 0.348. The molecule has 0 aromatic carbocycles. The molecule has 0 saturated carbocycles. The molecular formula is C6H14Cl2N2. The number of halogens is 2. The minimum atomic E-state index is -0.238. The van der Waals surface area contributed by atoms with Crippen LogP contribution >= 0.6 is 23.2 Å². The maximum atomic E-state index is 5.88. The maximum Gasteiger partial charge on any atom is 0.0590 e. The summed E-state index contributed by atoms with van der Waals surface area (Å²) in [6.07, 6.45) is 0. The van der Waals surface area contributed by atoms with Gasteiger partial charge in [0.2, 0.25) is 0 Å². The standard InChI is InChI=1S/C6H14Cl2N2/c1-5(8)6(2,4-7)10-9-3/h5,9-10H,4H2,1-3H3. The van der Waals surface area contributed by atoms with E-state index in [-0.39, 0.29) is 10.9 Å². The normalized spacial score (nSPS) is 20.1. The Balaban J connectivity index is 3.94. The summed E-state index contributed by atoms with van der Waals surface area (Å²) in [6.45, 7) is 3.88. The van der Waals surface area contributed by atoms with Crippen molar-refractivity contribution in [3.05, 3.63) is 0 Å². The van der Waals surface area contributed by atoms with Gasteiger partial charge in [-0.05, 0) is 20.9 Å². The summed E-state index contributed by atoms with van der Waals surface area (Å²) in [4.78, 5) is 0. The smallest absolute Gasteiger partial charge is 0.0590 e. The first-order valence-electron chi connectivity index (χ1n) is 3.21. The second kappa shape index (κ2) is 4.39. The molecule has 0 heterocycles. The van der Waals surface area contributed by atoms with Gasteiger partial charge < -0.3 is 0 Å². The topological polar surface area (TPSA) is 24.1 Å². The Labute approximate surface area is 72.2 Å². The predicted octanol–water partition coefficient (Wildman–Crippen LogP) is 1.34. The number of hydrazine groups is 1. The first-order valence-corrected chi connectivity index (χ1v) is 4.18. The molecule has 0 aliphatic heterocycles. The van der Waals surface area contributed by atoms with E-state index in [9.17, 15) is 0 Å². The zero-order chi connectivity index (χ0) is 8.20. The lowest BCUT2D eigenvalue weighted by atomic mass is 10.0. The van der Waals surface area contributed by atoms with Crippen LogP contribution < -0.4 is 10.9 Å². The molecule has 0 rings (SSSR count). The quantitative estimate of drug-likeness (QED) is 0.510. The molecule has 0 saturated heterocycles. The molecule has 2 nitrogen and oxygen atoms in total. The van der Waals surface area contributed by atoms with Gasteiger partial charge in [-0.2, -0.15) is 0 Å². The summed E-state index contributed by atoms with van der Waals surface area (Å²) >= 11 is 11.6. The van der Waals surface area contributed by atoms with Crippen molar-refractivity contribution in [3.8, 4) is 0 Å². The second-order valence-electron chi connectivity index (χ2n) is 2.54. The molecule has 2 atom stereocenters. The highest BCUT2D eigenvalue weighted by Gasteiger charge is 2.27. The fraction of sp³-hybridized carbons (Fsp3) is 1.00. The highest BCUT2D eigenvalue weighted by molar-refractivity contribution is 6.23. The minimum absolute atomic E-state index is 0.00236. The summed E-state index contributed by atoms with van der Waals surface area (Å²) in [5.41, 5.74) is 5.58. The number of hydrogen-bond acceptors (Lipinski definition) is 2. The summed E-state index contributed by atoms with van der Waals surface area (Å²) < 4.78 is 0. The van der Waals surface area contributed by atoms with Crippen LogP contribution in [0, 0.1) is 0 Å². The van der Waals surface area contributed by atoms with Crippen LogP contribution in [0.2, 0.25) is 0 Å². The van der Waals surface area contributed by atoms with Crippen molar-refractivity contribution in [3.63, 3.8) is 0 Å². The molecule has 0 aromatic rings. The lowest BCUT2D eigenvalue weighted by Gasteiger charge is -2.30. The van der Waals surface area contributed by atoms with Crippen LogP contribution in [0.3, 0.4) is 0 Å². The van der Waals surface area contributed by atoms with Gasteiger partial charge in [0.25, 0.3) is 0 Å². The SMILES string of the molecule is CNNC(C)(CCl)C(C)Cl. The lowest BCUT2D eigenvalue weighted by Crippen LogP contribution is -2.55. The van der Waals surface area contributed by atoms with Crippen LogP contribution in [0.1, 0.15) is 13.8 Å². The van der Waals surface area contributed by atoms with Gasteiger partial charge in [0.1, 0.15) is 0 Å². The third kappa shape index (κ3) is 2.62. The molecular weight excluding hydrogens is 171 g/mol. The third-order valence-electron chi connectivity index (χ3n) is 1.57. The maximum absolute atomic E-state index is 5.88. The summed E-state index contributed by atoms with van der Waals surface area (Å²) in [5, 5.41) is -0.00236. The van der Waals surface area contributed by atoms with Gasteiger partial charge in [0.15, 0.2) is 0 Å². The van der Waals surface area contributed by atoms with Crippen molar-refractivity contribution in [2.24, 2.45) is 0 Å². The van der Waals surface area contributed by atoms with E-state index in [1.807, 2.05) is 13.8 Å². The highest BCUT2D eigenvalue weighted by atomic mass is 35.5. The fourth-order valence-electron chi connectivity index (χ4n) is 0.525. The molecule has 0 aliphatic carbocycles. The van der Waals surface area contributed by atoms with Crippen molar-refractivity contribution in [2.75, 3.05) is 12.9 Å². The zero-order valence-corrected chi connectivity index (χ0v) is 8.05. The monoisotopic (exact) mass is 184 g/mol. The zero-order valence-electron chi connectivity index (χ0n) is 6.54. The number of alkyl halides is 2. The van der Waals surface area contributed by atoms with Gasteiger partial charge in [0, 0.05) is 5.88 Å². The van der Waals surface area contributed by atoms with E-state index in [0.717, 1.165) is 0 Å². The van der Waals surface area contributed by atoms with Crippen molar-refractivity contribution in [2.45, 2.75) is 24.8 Å². The Bertz CT molecular complexity index is 97.7. The van der Waals surface area contributed by atoms with Crippen molar-refractivity contribution >= 4 is 23.2 Å². The number of rotatable bonds is 4. The number of nitrogens with one attached hydrogen (secondary N) is 2. The van der Waals surface area contributed by atoms with Crippen LogP contribution in [-0.2, 0) is 0 Å². The summed E-state index contributed by atoms with van der Waals surface area (Å²) in [7, 11) is 1.80. The Morgan fingerprint density at radius 3 is 2.20 bits per heavy atom.